The van der Waals surface area contributed by atoms with Crippen molar-refractivity contribution in [2.45, 2.75) is 43.6 Å². The summed E-state index contributed by atoms with van der Waals surface area (Å²) in [5.41, 5.74) is 12.3. The largest absolute Gasteiger partial charge is 0.399 e. The van der Waals surface area contributed by atoms with E-state index in [4.69, 9.17) is 5.73 Å². The number of aryl methyl sites for hydroxylation is 1. The fourth-order valence-electron chi connectivity index (χ4n) is 4.16. The first-order valence-corrected chi connectivity index (χ1v) is 6.85. The van der Waals surface area contributed by atoms with Crippen molar-refractivity contribution >= 4 is 5.69 Å². The third kappa shape index (κ3) is 1.19. The van der Waals surface area contributed by atoms with Crippen LogP contribution in [-0.2, 0) is 12.0 Å². The molecule has 0 aromatic heterocycles. The molecule has 1 saturated carbocycles. The van der Waals surface area contributed by atoms with Gasteiger partial charge in [-0.25, -0.2) is 0 Å². The summed E-state index contributed by atoms with van der Waals surface area (Å²) < 4.78 is 0. The first-order valence-electron chi connectivity index (χ1n) is 6.85. The first-order chi connectivity index (χ1) is 8.21. The number of benzene rings is 1. The molecule has 2 aliphatic carbocycles. The standard InChI is InChI=1S/C15H20N2/c1-17-9-11-4-2-3-10-7-12(16)8-13(14(10)11)15(17)5-6-15/h7-8,11H,2-6,9,16H2,1H3. The molecule has 3 aliphatic rings. The Hall–Kier alpha value is -1.02. The van der Waals surface area contributed by atoms with E-state index in [-0.39, 0.29) is 0 Å². The lowest BCUT2D eigenvalue weighted by molar-refractivity contribution is 0.179. The van der Waals surface area contributed by atoms with E-state index >= 15 is 0 Å². The van der Waals surface area contributed by atoms with Crippen LogP contribution in [0, 0.1) is 0 Å². The number of nitrogens with zero attached hydrogens (tertiary/aromatic N) is 1. The molecular formula is C15H20N2. The van der Waals surface area contributed by atoms with Crippen molar-refractivity contribution in [3.05, 3.63) is 28.8 Å². The summed E-state index contributed by atoms with van der Waals surface area (Å²) in [4.78, 5) is 2.59. The molecule has 0 saturated heterocycles. The van der Waals surface area contributed by atoms with E-state index in [0.29, 0.717) is 5.54 Å². The first kappa shape index (κ1) is 9.95. The van der Waals surface area contributed by atoms with Crippen LogP contribution >= 0.6 is 0 Å². The summed E-state index contributed by atoms with van der Waals surface area (Å²) >= 11 is 0. The van der Waals surface area contributed by atoms with Gasteiger partial charge in [-0.1, -0.05) is 0 Å². The molecule has 0 radical (unpaired) electrons. The third-order valence-corrected chi connectivity index (χ3v) is 5.14. The smallest absolute Gasteiger partial charge is 0.0463 e. The average molecular weight is 228 g/mol. The third-order valence-electron chi connectivity index (χ3n) is 5.14. The van der Waals surface area contributed by atoms with Crippen molar-refractivity contribution in [2.75, 3.05) is 19.3 Å². The zero-order chi connectivity index (χ0) is 11.6. The van der Waals surface area contributed by atoms with Gasteiger partial charge in [0.25, 0.3) is 0 Å². The van der Waals surface area contributed by atoms with Gasteiger partial charge >= 0.3 is 0 Å². The Balaban J connectivity index is 1.98. The fourth-order valence-corrected chi connectivity index (χ4v) is 4.16. The Bertz CT molecular complexity index is 488. The molecular weight excluding hydrogens is 208 g/mol. The molecule has 1 fully saturated rings. The molecule has 0 bridgehead atoms. The van der Waals surface area contributed by atoms with E-state index in [1.54, 1.807) is 16.7 Å². The summed E-state index contributed by atoms with van der Waals surface area (Å²) in [5.74, 6) is 0.769. The van der Waals surface area contributed by atoms with Gasteiger partial charge in [-0.15, -0.1) is 0 Å². The van der Waals surface area contributed by atoms with Crippen LogP contribution in [0.15, 0.2) is 12.1 Å². The number of anilines is 1. The van der Waals surface area contributed by atoms with Crippen LogP contribution in [0.4, 0.5) is 5.69 Å². The van der Waals surface area contributed by atoms with E-state index in [1.165, 1.54) is 38.6 Å². The van der Waals surface area contributed by atoms with Gasteiger partial charge in [0.15, 0.2) is 0 Å². The number of rotatable bonds is 0. The number of likely N-dealkylation sites (N-methyl/N-ethyl adjacent to an activating group) is 1. The van der Waals surface area contributed by atoms with Crippen LogP contribution in [0.1, 0.15) is 48.3 Å². The van der Waals surface area contributed by atoms with Crippen molar-refractivity contribution in [2.24, 2.45) is 0 Å². The topological polar surface area (TPSA) is 29.3 Å². The maximum atomic E-state index is 6.10. The number of nitrogen functional groups attached to an aromatic ring is 1. The van der Waals surface area contributed by atoms with E-state index in [1.807, 2.05) is 0 Å². The Morgan fingerprint density at radius 3 is 2.94 bits per heavy atom. The fraction of sp³-hybridized carbons (Fsp3) is 0.600. The molecule has 4 rings (SSSR count). The number of fused-ring (bicyclic) bond motifs is 1. The van der Waals surface area contributed by atoms with Crippen LogP contribution in [-0.4, -0.2) is 18.5 Å². The molecule has 2 nitrogen and oxygen atoms in total. The minimum Gasteiger partial charge on any atom is -0.399 e. The quantitative estimate of drug-likeness (QED) is 0.692. The second kappa shape index (κ2) is 3.05. The van der Waals surface area contributed by atoms with Crippen molar-refractivity contribution in [1.29, 1.82) is 0 Å². The lowest BCUT2D eigenvalue weighted by Gasteiger charge is -2.43. The summed E-state index contributed by atoms with van der Waals surface area (Å²) in [6.45, 7) is 1.25. The molecule has 1 aliphatic heterocycles. The van der Waals surface area contributed by atoms with Crippen molar-refractivity contribution in [3.63, 3.8) is 0 Å². The molecule has 1 aromatic rings. The minimum atomic E-state index is 0.368. The zero-order valence-corrected chi connectivity index (χ0v) is 10.5. The summed E-state index contributed by atoms with van der Waals surface area (Å²) in [6, 6.07) is 4.49. The SMILES string of the molecule is CN1CC2CCCc3cc(N)cc(c32)C12CC2. The lowest BCUT2D eigenvalue weighted by Crippen LogP contribution is -2.42. The highest BCUT2D eigenvalue weighted by molar-refractivity contribution is 5.56. The molecule has 1 spiro atoms. The molecule has 1 atom stereocenters. The number of hydrogen-bond acceptors (Lipinski definition) is 2. The zero-order valence-electron chi connectivity index (χ0n) is 10.5. The molecule has 1 unspecified atom stereocenters. The monoisotopic (exact) mass is 228 g/mol. The van der Waals surface area contributed by atoms with Gasteiger partial charge in [0.05, 0.1) is 0 Å². The Labute approximate surface area is 103 Å². The van der Waals surface area contributed by atoms with Gasteiger partial charge in [0, 0.05) is 17.8 Å². The van der Waals surface area contributed by atoms with Gasteiger partial charge < -0.3 is 5.73 Å². The highest BCUT2D eigenvalue weighted by Gasteiger charge is 2.53. The highest BCUT2D eigenvalue weighted by atomic mass is 15.2. The maximum Gasteiger partial charge on any atom is 0.0463 e. The molecule has 2 N–H and O–H groups in total. The average Bonchev–Trinajstić information content (AvgIpc) is 3.07. The van der Waals surface area contributed by atoms with E-state index in [0.717, 1.165) is 11.6 Å². The second-order valence-electron chi connectivity index (χ2n) is 6.14. The van der Waals surface area contributed by atoms with Gasteiger partial charge in [-0.3, -0.25) is 4.90 Å². The molecule has 2 heteroatoms. The Kier molecular flexibility index (Phi) is 1.79. The van der Waals surface area contributed by atoms with Crippen LogP contribution in [0.3, 0.4) is 0 Å². The predicted octanol–water partition coefficient (Wildman–Crippen LogP) is 2.62. The van der Waals surface area contributed by atoms with Crippen LogP contribution in [0.5, 0.6) is 0 Å². The van der Waals surface area contributed by atoms with Crippen LogP contribution in [0.25, 0.3) is 0 Å². The highest BCUT2D eigenvalue weighted by Crippen LogP contribution is 2.57. The number of nitrogens with two attached hydrogens (primary N) is 1. The van der Waals surface area contributed by atoms with Crippen molar-refractivity contribution in [3.8, 4) is 0 Å². The van der Waals surface area contributed by atoms with Gasteiger partial charge in [-0.2, -0.15) is 0 Å². The molecule has 1 heterocycles. The van der Waals surface area contributed by atoms with Gasteiger partial charge in [0.1, 0.15) is 0 Å². The second-order valence-corrected chi connectivity index (χ2v) is 6.14. The van der Waals surface area contributed by atoms with E-state index < -0.39 is 0 Å². The van der Waals surface area contributed by atoms with Crippen molar-refractivity contribution < 1.29 is 0 Å². The molecule has 90 valence electrons. The van der Waals surface area contributed by atoms with Crippen molar-refractivity contribution in [1.82, 2.24) is 4.90 Å². The molecule has 0 amide bonds. The van der Waals surface area contributed by atoms with Crippen LogP contribution < -0.4 is 5.73 Å². The molecule has 17 heavy (non-hydrogen) atoms. The van der Waals surface area contributed by atoms with E-state index in [9.17, 15) is 0 Å². The van der Waals surface area contributed by atoms with Gasteiger partial charge in [0.2, 0.25) is 0 Å². The minimum absolute atomic E-state index is 0.368. The summed E-state index contributed by atoms with van der Waals surface area (Å²) in [5, 5.41) is 0. The summed E-state index contributed by atoms with van der Waals surface area (Å²) in [7, 11) is 2.30. The lowest BCUT2D eigenvalue weighted by atomic mass is 9.74. The van der Waals surface area contributed by atoms with E-state index in [2.05, 4.69) is 24.1 Å². The maximum absolute atomic E-state index is 6.10. The Morgan fingerprint density at radius 1 is 1.35 bits per heavy atom. The van der Waals surface area contributed by atoms with Gasteiger partial charge in [-0.05, 0) is 73.9 Å². The molecule has 1 aromatic carbocycles. The normalized spacial score (nSPS) is 29.1. The summed E-state index contributed by atoms with van der Waals surface area (Å²) in [6.07, 6.45) is 6.59. The predicted molar refractivity (Wildman–Crippen MR) is 70.1 cm³/mol. The Morgan fingerprint density at radius 2 is 2.18 bits per heavy atom. The number of hydrogen-bond donors (Lipinski definition) is 1. The van der Waals surface area contributed by atoms with Crippen LogP contribution in [0.2, 0.25) is 0 Å².